The number of nitrogens with zero attached hydrogens (tertiary/aromatic N) is 3. The fraction of sp³-hybridized carbons (Fsp3) is 0.200. The van der Waals surface area contributed by atoms with Gasteiger partial charge >= 0.3 is 0 Å². The molecule has 6 nitrogen and oxygen atoms in total. The molecule has 0 aromatic carbocycles. The number of thiazole rings is 1. The minimum Gasteiger partial charge on any atom is -0.383 e. The van der Waals surface area contributed by atoms with E-state index in [0.29, 0.717) is 12.2 Å². The Morgan fingerprint density at radius 2 is 2.24 bits per heavy atom. The number of hydrogen-bond donors (Lipinski definition) is 2. The smallest absolute Gasteiger partial charge is 0.254 e. The van der Waals surface area contributed by atoms with Crippen molar-refractivity contribution in [3.8, 4) is 0 Å². The van der Waals surface area contributed by atoms with Crippen LogP contribution in [0.15, 0.2) is 11.6 Å². The minimum absolute atomic E-state index is 0.106. The number of carbonyl (C=O) groups is 1. The number of primary amides is 1. The van der Waals surface area contributed by atoms with Crippen LogP contribution in [0.1, 0.15) is 26.9 Å². The SMILES string of the molecule is Cc1nc(Cc2ncc(C(N)=O)c(N)n2)cs1. The summed E-state index contributed by atoms with van der Waals surface area (Å²) in [5.74, 6) is 0.00537. The highest BCUT2D eigenvalue weighted by molar-refractivity contribution is 7.09. The third kappa shape index (κ3) is 2.56. The van der Waals surface area contributed by atoms with Gasteiger partial charge in [0.05, 0.1) is 22.7 Å². The lowest BCUT2D eigenvalue weighted by Gasteiger charge is -2.02. The summed E-state index contributed by atoms with van der Waals surface area (Å²) in [7, 11) is 0. The van der Waals surface area contributed by atoms with Crippen LogP contribution in [0.3, 0.4) is 0 Å². The number of anilines is 1. The van der Waals surface area contributed by atoms with Gasteiger partial charge in [-0.2, -0.15) is 0 Å². The van der Waals surface area contributed by atoms with Gasteiger partial charge in [0.15, 0.2) is 0 Å². The maximum Gasteiger partial charge on any atom is 0.254 e. The molecule has 0 unspecified atom stereocenters. The normalized spacial score (nSPS) is 10.4. The zero-order chi connectivity index (χ0) is 12.4. The van der Waals surface area contributed by atoms with E-state index in [9.17, 15) is 4.79 Å². The van der Waals surface area contributed by atoms with Crippen LogP contribution < -0.4 is 11.5 Å². The van der Waals surface area contributed by atoms with Gasteiger partial charge in [-0.3, -0.25) is 4.79 Å². The van der Waals surface area contributed by atoms with Gasteiger partial charge in [-0.1, -0.05) is 0 Å². The Bertz CT molecular complexity index is 566. The fourth-order valence-corrected chi connectivity index (χ4v) is 1.97. The Morgan fingerprint density at radius 3 is 2.76 bits per heavy atom. The van der Waals surface area contributed by atoms with Crippen molar-refractivity contribution in [3.63, 3.8) is 0 Å². The predicted octanol–water partition coefficient (Wildman–Crippen LogP) is 0.513. The summed E-state index contributed by atoms with van der Waals surface area (Å²) in [5, 5.41) is 2.93. The second-order valence-corrected chi connectivity index (χ2v) is 4.55. The number of nitrogens with two attached hydrogens (primary N) is 2. The molecule has 7 heteroatoms. The topological polar surface area (TPSA) is 108 Å². The molecule has 0 atom stereocenters. The van der Waals surface area contributed by atoms with Crippen LogP contribution >= 0.6 is 11.3 Å². The molecule has 17 heavy (non-hydrogen) atoms. The average molecular weight is 249 g/mol. The molecule has 0 fully saturated rings. The molecule has 88 valence electrons. The Labute approximate surface area is 102 Å². The molecule has 2 aromatic heterocycles. The van der Waals surface area contributed by atoms with Crippen LogP contribution in [0.4, 0.5) is 5.82 Å². The van der Waals surface area contributed by atoms with Crippen LogP contribution in [0.2, 0.25) is 0 Å². The van der Waals surface area contributed by atoms with Gasteiger partial charge < -0.3 is 11.5 Å². The summed E-state index contributed by atoms with van der Waals surface area (Å²) >= 11 is 1.56. The summed E-state index contributed by atoms with van der Waals surface area (Å²) in [5.41, 5.74) is 11.8. The third-order valence-corrected chi connectivity index (χ3v) is 2.96. The van der Waals surface area contributed by atoms with Crippen molar-refractivity contribution >= 4 is 23.1 Å². The van der Waals surface area contributed by atoms with Crippen LogP contribution in [0, 0.1) is 6.92 Å². The lowest BCUT2D eigenvalue weighted by atomic mass is 10.2. The van der Waals surface area contributed by atoms with Gasteiger partial charge in [0.2, 0.25) is 0 Å². The first kappa shape index (κ1) is 11.5. The van der Waals surface area contributed by atoms with Crippen molar-refractivity contribution in [2.24, 2.45) is 5.73 Å². The summed E-state index contributed by atoms with van der Waals surface area (Å²) < 4.78 is 0. The number of amides is 1. The van der Waals surface area contributed by atoms with Gasteiger partial charge in [-0.15, -0.1) is 11.3 Å². The van der Waals surface area contributed by atoms with Crippen molar-refractivity contribution in [2.75, 3.05) is 5.73 Å². The van der Waals surface area contributed by atoms with Gasteiger partial charge in [0.1, 0.15) is 11.6 Å². The van der Waals surface area contributed by atoms with E-state index in [1.165, 1.54) is 6.20 Å². The summed E-state index contributed by atoms with van der Waals surface area (Å²) in [6.07, 6.45) is 1.84. The van der Waals surface area contributed by atoms with Crippen LogP contribution in [-0.4, -0.2) is 20.9 Å². The molecular formula is C10H11N5OS. The molecule has 1 amide bonds. The minimum atomic E-state index is -0.626. The number of aromatic nitrogens is 3. The van der Waals surface area contributed by atoms with E-state index in [4.69, 9.17) is 11.5 Å². The number of hydrogen-bond acceptors (Lipinski definition) is 6. The van der Waals surface area contributed by atoms with Gasteiger partial charge in [0, 0.05) is 11.6 Å². The number of aryl methyl sites for hydroxylation is 1. The second-order valence-electron chi connectivity index (χ2n) is 3.48. The van der Waals surface area contributed by atoms with Crippen molar-refractivity contribution in [1.82, 2.24) is 15.0 Å². The van der Waals surface area contributed by atoms with E-state index in [-0.39, 0.29) is 11.4 Å². The van der Waals surface area contributed by atoms with Gasteiger partial charge in [-0.25, -0.2) is 15.0 Å². The summed E-state index contributed by atoms with van der Waals surface area (Å²) in [6.45, 7) is 1.93. The molecule has 0 aliphatic carbocycles. The van der Waals surface area contributed by atoms with Crippen molar-refractivity contribution < 1.29 is 4.79 Å². The monoisotopic (exact) mass is 249 g/mol. The molecule has 0 radical (unpaired) electrons. The van der Waals surface area contributed by atoms with Gasteiger partial charge in [0.25, 0.3) is 5.91 Å². The quantitative estimate of drug-likeness (QED) is 0.824. The molecule has 2 aromatic rings. The Kier molecular flexibility index (Phi) is 3.01. The summed E-state index contributed by atoms with van der Waals surface area (Å²) in [6, 6.07) is 0. The number of rotatable bonds is 3. The van der Waals surface area contributed by atoms with E-state index < -0.39 is 5.91 Å². The molecule has 0 aliphatic heterocycles. The zero-order valence-electron chi connectivity index (χ0n) is 9.17. The molecule has 4 N–H and O–H groups in total. The van der Waals surface area contributed by atoms with E-state index in [0.717, 1.165) is 10.7 Å². The first-order valence-corrected chi connectivity index (χ1v) is 5.76. The second kappa shape index (κ2) is 4.46. The van der Waals surface area contributed by atoms with E-state index in [2.05, 4.69) is 15.0 Å². The largest absolute Gasteiger partial charge is 0.383 e. The maximum atomic E-state index is 10.9. The molecule has 2 rings (SSSR count). The first-order chi connectivity index (χ1) is 8.06. The standard InChI is InChI=1S/C10H11N5OS/c1-5-14-6(4-17-5)2-8-13-3-7(10(12)16)9(11)15-8/h3-4H,2H2,1H3,(H2,12,16)(H2,11,13,15). The van der Waals surface area contributed by atoms with Crippen molar-refractivity contribution in [2.45, 2.75) is 13.3 Å². The number of nitrogen functional groups attached to an aromatic ring is 1. The maximum absolute atomic E-state index is 10.9. The molecule has 0 bridgehead atoms. The highest BCUT2D eigenvalue weighted by Gasteiger charge is 2.10. The van der Waals surface area contributed by atoms with E-state index >= 15 is 0 Å². The summed E-state index contributed by atoms with van der Waals surface area (Å²) in [4.78, 5) is 23.3. The average Bonchev–Trinajstić information content (AvgIpc) is 2.63. The Morgan fingerprint density at radius 1 is 1.47 bits per heavy atom. The Balaban J connectivity index is 2.23. The van der Waals surface area contributed by atoms with Crippen LogP contribution in [0.25, 0.3) is 0 Å². The van der Waals surface area contributed by atoms with E-state index in [1.54, 1.807) is 11.3 Å². The lowest BCUT2D eigenvalue weighted by molar-refractivity contribution is 0.100. The molecule has 0 saturated carbocycles. The Hall–Kier alpha value is -2.02. The fourth-order valence-electron chi connectivity index (χ4n) is 1.36. The highest BCUT2D eigenvalue weighted by Crippen LogP contribution is 2.12. The first-order valence-electron chi connectivity index (χ1n) is 4.88. The number of carbonyl (C=O) groups excluding carboxylic acids is 1. The highest BCUT2D eigenvalue weighted by atomic mass is 32.1. The third-order valence-electron chi connectivity index (χ3n) is 2.14. The molecular weight excluding hydrogens is 238 g/mol. The molecule has 0 aliphatic rings. The van der Waals surface area contributed by atoms with Crippen LogP contribution in [-0.2, 0) is 6.42 Å². The zero-order valence-corrected chi connectivity index (χ0v) is 9.99. The molecule has 0 spiro atoms. The van der Waals surface area contributed by atoms with Crippen molar-refractivity contribution in [1.29, 1.82) is 0 Å². The lowest BCUT2D eigenvalue weighted by Crippen LogP contribution is -2.16. The molecule has 2 heterocycles. The van der Waals surface area contributed by atoms with Crippen molar-refractivity contribution in [3.05, 3.63) is 33.7 Å². The van der Waals surface area contributed by atoms with Crippen LogP contribution in [0.5, 0.6) is 0 Å². The van der Waals surface area contributed by atoms with Gasteiger partial charge in [-0.05, 0) is 6.92 Å². The predicted molar refractivity (Wildman–Crippen MR) is 64.6 cm³/mol. The molecule has 0 saturated heterocycles. The van der Waals surface area contributed by atoms with E-state index in [1.807, 2.05) is 12.3 Å².